The van der Waals surface area contributed by atoms with E-state index in [0.717, 1.165) is 72.2 Å². The lowest BCUT2D eigenvalue weighted by Gasteiger charge is -2.32. The minimum Gasteiger partial charge on any atom is -0.489 e. The number of piperazine rings is 1. The molecule has 0 amide bonds. The van der Waals surface area contributed by atoms with Crippen molar-refractivity contribution in [1.29, 1.82) is 0 Å². The van der Waals surface area contributed by atoms with Gasteiger partial charge >= 0.3 is 0 Å². The van der Waals surface area contributed by atoms with Gasteiger partial charge in [0.1, 0.15) is 18.1 Å². The molecule has 2 aromatic heterocycles. The summed E-state index contributed by atoms with van der Waals surface area (Å²) in [5, 5.41) is 10.9. The van der Waals surface area contributed by atoms with Crippen LogP contribution in [0.5, 0.6) is 5.75 Å². The Labute approximate surface area is 234 Å². The largest absolute Gasteiger partial charge is 0.489 e. The summed E-state index contributed by atoms with van der Waals surface area (Å²) in [6.07, 6.45) is 3.63. The van der Waals surface area contributed by atoms with Crippen LogP contribution in [-0.2, 0) is 13.2 Å². The van der Waals surface area contributed by atoms with Crippen LogP contribution in [0.15, 0.2) is 97.3 Å². The molecule has 0 saturated carbocycles. The quantitative estimate of drug-likeness (QED) is 0.256. The Balaban J connectivity index is 1.13. The number of rotatable bonds is 9. The van der Waals surface area contributed by atoms with E-state index in [0.29, 0.717) is 12.6 Å². The predicted octanol–water partition coefficient (Wildman–Crippen LogP) is 5.60. The molecule has 202 valence electrons. The number of aromatic nitrogens is 4. The number of hydrogen-bond acceptors (Lipinski definition) is 7. The Bertz CT molecular complexity index is 1530. The van der Waals surface area contributed by atoms with Crippen molar-refractivity contribution in [2.75, 3.05) is 38.5 Å². The van der Waals surface area contributed by atoms with Gasteiger partial charge in [0.15, 0.2) is 0 Å². The van der Waals surface area contributed by atoms with Crippen molar-refractivity contribution in [2.45, 2.75) is 13.2 Å². The number of nitrogens with zero attached hydrogens (tertiary/aromatic N) is 5. The Hall–Kier alpha value is -4.53. The summed E-state index contributed by atoms with van der Waals surface area (Å²) < 4.78 is 6.04. The van der Waals surface area contributed by atoms with Crippen molar-refractivity contribution in [1.82, 2.24) is 30.0 Å². The fourth-order valence-corrected chi connectivity index (χ4v) is 4.84. The zero-order valence-electron chi connectivity index (χ0n) is 22.6. The van der Waals surface area contributed by atoms with Gasteiger partial charge in [-0.2, -0.15) is 5.10 Å². The number of benzene rings is 3. The van der Waals surface area contributed by atoms with Gasteiger partial charge in [0.25, 0.3) is 0 Å². The highest BCUT2D eigenvalue weighted by Crippen LogP contribution is 2.31. The molecule has 1 aliphatic rings. The van der Waals surface area contributed by atoms with Crippen LogP contribution >= 0.6 is 0 Å². The highest BCUT2D eigenvalue weighted by atomic mass is 16.5. The van der Waals surface area contributed by atoms with Crippen molar-refractivity contribution in [3.8, 4) is 28.3 Å². The van der Waals surface area contributed by atoms with Gasteiger partial charge < -0.3 is 15.0 Å². The topological polar surface area (TPSA) is 82.2 Å². The van der Waals surface area contributed by atoms with Gasteiger partial charge in [0, 0.05) is 61.9 Å². The predicted molar refractivity (Wildman–Crippen MR) is 158 cm³/mol. The van der Waals surface area contributed by atoms with E-state index in [1.807, 2.05) is 54.7 Å². The standard InChI is InChI=1S/C32H33N7O/c1-38-16-18-39(19-17-38)22-24-10-12-27(13-11-24)35-32-33-15-14-30(36-32)29-21-34-37-31(29)26-8-5-9-28(20-26)40-23-25-6-3-2-4-7-25/h2-15,20-21H,16-19,22-23H2,1H3,(H,34,37)(H,33,35,36). The van der Waals surface area contributed by atoms with Gasteiger partial charge in [-0.1, -0.05) is 54.6 Å². The Morgan fingerprint density at radius 1 is 0.875 bits per heavy atom. The third-order valence-corrected chi connectivity index (χ3v) is 7.14. The van der Waals surface area contributed by atoms with E-state index in [-0.39, 0.29) is 0 Å². The van der Waals surface area contributed by atoms with E-state index < -0.39 is 0 Å². The van der Waals surface area contributed by atoms with Crippen LogP contribution in [-0.4, -0.2) is 63.2 Å². The van der Waals surface area contributed by atoms with Gasteiger partial charge in [-0.15, -0.1) is 0 Å². The maximum Gasteiger partial charge on any atom is 0.227 e. The molecule has 2 N–H and O–H groups in total. The van der Waals surface area contributed by atoms with Gasteiger partial charge in [-0.05, 0) is 48.5 Å². The Morgan fingerprint density at radius 3 is 2.52 bits per heavy atom. The molecule has 0 bridgehead atoms. The van der Waals surface area contributed by atoms with Crippen LogP contribution in [0.2, 0.25) is 0 Å². The smallest absolute Gasteiger partial charge is 0.227 e. The monoisotopic (exact) mass is 531 g/mol. The second kappa shape index (κ2) is 12.1. The molecule has 1 fully saturated rings. The first kappa shape index (κ1) is 25.7. The molecule has 8 heteroatoms. The van der Waals surface area contributed by atoms with Gasteiger partial charge in [0.2, 0.25) is 5.95 Å². The van der Waals surface area contributed by atoms with E-state index in [2.05, 4.69) is 73.7 Å². The number of H-pyrrole nitrogens is 1. The van der Waals surface area contributed by atoms with Crippen LogP contribution in [0.4, 0.5) is 11.6 Å². The van der Waals surface area contributed by atoms with Gasteiger partial charge in [-0.25, -0.2) is 9.97 Å². The molecule has 0 atom stereocenters. The van der Waals surface area contributed by atoms with Gasteiger partial charge in [-0.3, -0.25) is 10.00 Å². The summed E-state index contributed by atoms with van der Waals surface area (Å²) in [5.41, 5.74) is 6.82. The van der Waals surface area contributed by atoms with Crippen molar-refractivity contribution in [3.05, 3.63) is 108 Å². The lowest BCUT2D eigenvalue weighted by atomic mass is 10.1. The van der Waals surface area contributed by atoms with Crippen molar-refractivity contribution >= 4 is 11.6 Å². The second-order valence-corrected chi connectivity index (χ2v) is 10.1. The van der Waals surface area contributed by atoms with Crippen LogP contribution in [0.25, 0.3) is 22.5 Å². The van der Waals surface area contributed by atoms with Crippen LogP contribution in [0, 0.1) is 0 Å². The molecular formula is C32H33N7O. The molecule has 0 spiro atoms. The summed E-state index contributed by atoms with van der Waals surface area (Å²) in [7, 11) is 2.18. The second-order valence-electron chi connectivity index (χ2n) is 10.1. The first-order valence-corrected chi connectivity index (χ1v) is 13.6. The molecule has 1 aliphatic heterocycles. The van der Waals surface area contributed by atoms with E-state index in [9.17, 15) is 0 Å². The third kappa shape index (κ3) is 6.36. The molecule has 8 nitrogen and oxygen atoms in total. The highest BCUT2D eigenvalue weighted by molar-refractivity contribution is 5.79. The maximum atomic E-state index is 6.04. The SMILES string of the molecule is CN1CCN(Cc2ccc(Nc3nccc(-c4c[nH]nc4-c4cccc(OCc5ccccc5)c4)n3)cc2)CC1. The molecule has 0 aliphatic carbocycles. The van der Waals surface area contributed by atoms with Crippen molar-refractivity contribution in [2.24, 2.45) is 0 Å². The minimum atomic E-state index is 0.509. The summed E-state index contributed by atoms with van der Waals surface area (Å²) in [4.78, 5) is 14.1. The van der Waals surface area contributed by atoms with Crippen molar-refractivity contribution < 1.29 is 4.74 Å². The number of aromatic amines is 1. The lowest BCUT2D eigenvalue weighted by molar-refractivity contribution is 0.148. The Kier molecular flexibility index (Phi) is 7.79. The van der Waals surface area contributed by atoms with E-state index >= 15 is 0 Å². The van der Waals surface area contributed by atoms with E-state index in [4.69, 9.17) is 9.72 Å². The number of hydrogen-bond donors (Lipinski definition) is 2. The van der Waals surface area contributed by atoms with Gasteiger partial charge in [0.05, 0.1) is 5.69 Å². The summed E-state index contributed by atoms with van der Waals surface area (Å²) in [5.74, 6) is 1.33. The minimum absolute atomic E-state index is 0.509. The molecule has 0 radical (unpaired) electrons. The molecule has 6 rings (SSSR count). The lowest BCUT2D eigenvalue weighted by Crippen LogP contribution is -2.43. The number of anilines is 2. The fourth-order valence-electron chi connectivity index (χ4n) is 4.84. The molecule has 40 heavy (non-hydrogen) atoms. The number of likely N-dealkylation sites (N-methyl/N-ethyl adjacent to an activating group) is 1. The number of nitrogens with one attached hydrogen (secondary N) is 2. The average molecular weight is 532 g/mol. The first-order chi connectivity index (χ1) is 19.7. The molecule has 1 saturated heterocycles. The molecular weight excluding hydrogens is 498 g/mol. The first-order valence-electron chi connectivity index (χ1n) is 13.6. The van der Waals surface area contributed by atoms with Crippen LogP contribution < -0.4 is 10.1 Å². The van der Waals surface area contributed by atoms with Crippen molar-refractivity contribution in [3.63, 3.8) is 0 Å². The van der Waals surface area contributed by atoms with E-state index in [1.165, 1.54) is 5.56 Å². The third-order valence-electron chi connectivity index (χ3n) is 7.14. The maximum absolute atomic E-state index is 6.04. The van der Waals surface area contributed by atoms with E-state index in [1.54, 1.807) is 6.20 Å². The zero-order chi connectivity index (χ0) is 27.1. The molecule has 5 aromatic rings. The summed E-state index contributed by atoms with van der Waals surface area (Å²) in [6.45, 7) is 5.95. The fraction of sp³-hybridized carbons (Fsp3) is 0.219. The summed E-state index contributed by atoms with van der Waals surface area (Å²) >= 11 is 0. The Morgan fingerprint density at radius 2 is 1.70 bits per heavy atom. The zero-order valence-corrected chi connectivity index (χ0v) is 22.6. The normalized spacial score (nSPS) is 14.2. The number of ether oxygens (including phenoxy) is 1. The molecule has 3 heterocycles. The average Bonchev–Trinajstić information content (AvgIpc) is 3.50. The van der Waals surface area contributed by atoms with Crippen LogP contribution in [0.1, 0.15) is 11.1 Å². The highest BCUT2D eigenvalue weighted by Gasteiger charge is 2.15. The van der Waals surface area contributed by atoms with Crippen LogP contribution in [0.3, 0.4) is 0 Å². The molecule has 3 aromatic carbocycles. The molecule has 0 unspecified atom stereocenters. The summed E-state index contributed by atoms with van der Waals surface area (Å²) in [6, 6.07) is 28.5.